The van der Waals surface area contributed by atoms with E-state index in [1.54, 1.807) is 13.2 Å². The first-order chi connectivity index (χ1) is 12.6. The molecule has 0 N–H and O–H groups in total. The predicted molar refractivity (Wildman–Crippen MR) is 107 cm³/mol. The van der Waals surface area contributed by atoms with Gasteiger partial charge in [-0.25, -0.2) is 0 Å². The summed E-state index contributed by atoms with van der Waals surface area (Å²) in [5.41, 5.74) is 4.51. The van der Waals surface area contributed by atoms with Gasteiger partial charge in [-0.1, -0.05) is 24.3 Å². The van der Waals surface area contributed by atoms with E-state index in [4.69, 9.17) is 4.74 Å². The summed E-state index contributed by atoms with van der Waals surface area (Å²) in [7, 11) is 1.65. The molecule has 2 aromatic rings. The van der Waals surface area contributed by atoms with E-state index in [2.05, 4.69) is 36.1 Å². The number of benzene rings is 2. The van der Waals surface area contributed by atoms with Crippen LogP contribution in [0.15, 0.2) is 54.6 Å². The highest BCUT2D eigenvalue weighted by molar-refractivity contribution is 5.95. The molecule has 0 atom stereocenters. The first-order valence-electron chi connectivity index (χ1n) is 9.00. The van der Waals surface area contributed by atoms with Gasteiger partial charge in [0.15, 0.2) is 0 Å². The molecule has 1 fully saturated rings. The van der Waals surface area contributed by atoms with Gasteiger partial charge in [0, 0.05) is 37.9 Å². The van der Waals surface area contributed by atoms with E-state index in [1.165, 1.54) is 11.3 Å². The van der Waals surface area contributed by atoms with Gasteiger partial charge in [-0.3, -0.25) is 4.79 Å². The van der Waals surface area contributed by atoms with Gasteiger partial charge in [0.25, 0.3) is 0 Å². The number of ether oxygens (including phenoxy) is 1. The van der Waals surface area contributed by atoms with E-state index < -0.39 is 0 Å². The zero-order valence-electron chi connectivity index (χ0n) is 15.7. The van der Waals surface area contributed by atoms with E-state index in [1.807, 2.05) is 36.1 Å². The summed E-state index contributed by atoms with van der Waals surface area (Å²) in [6, 6.07) is 16.3. The Morgan fingerprint density at radius 3 is 2.35 bits per heavy atom. The molecule has 26 heavy (non-hydrogen) atoms. The Kier molecular flexibility index (Phi) is 5.61. The highest BCUT2D eigenvalue weighted by atomic mass is 16.5. The number of anilines is 1. The van der Waals surface area contributed by atoms with Gasteiger partial charge in [-0.2, -0.15) is 0 Å². The van der Waals surface area contributed by atoms with Gasteiger partial charge in [0.1, 0.15) is 5.75 Å². The van der Waals surface area contributed by atoms with Crippen molar-refractivity contribution in [2.24, 2.45) is 0 Å². The largest absolute Gasteiger partial charge is 0.497 e. The van der Waals surface area contributed by atoms with Crippen LogP contribution < -0.4 is 9.64 Å². The molecule has 4 nitrogen and oxygen atoms in total. The smallest absolute Gasteiger partial charge is 0.246 e. The van der Waals surface area contributed by atoms with Gasteiger partial charge in [-0.15, -0.1) is 0 Å². The molecule has 0 spiro atoms. The zero-order chi connectivity index (χ0) is 18.5. The lowest BCUT2D eigenvalue weighted by Crippen LogP contribution is -2.48. The Morgan fingerprint density at radius 1 is 1.04 bits per heavy atom. The minimum atomic E-state index is 0.0854. The summed E-state index contributed by atoms with van der Waals surface area (Å²) in [5, 5.41) is 0. The number of amides is 1. The minimum Gasteiger partial charge on any atom is -0.497 e. The second kappa shape index (κ2) is 8.09. The zero-order valence-corrected chi connectivity index (χ0v) is 15.7. The second-order valence-corrected chi connectivity index (χ2v) is 6.71. The van der Waals surface area contributed by atoms with E-state index in [9.17, 15) is 4.79 Å². The number of rotatable bonds is 4. The third kappa shape index (κ3) is 4.26. The second-order valence-electron chi connectivity index (χ2n) is 6.71. The van der Waals surface area contributed by atoms with Crippen molar-refractivity contribution in [2.45, 2.75) is 13.8 Å². The number of hydrogen-bond donors (Lipinski definition) is 0. The topological polar surface area (TPSA) is 32.8 Å². The molecule has 1 aliphatic rings. The molecule has 3 rings (SSSR count). The first-order valence-corrected chi connectivity index (χ1v) is 9.00. The molecule has 2 aromatic carbocycles. The number of methoxy groups -OCH3 is 1. The van der Waals surface area contributed by atoms with Crippen LogP contribution in [0.3, 0.4) is 0 Å². The maximum absolute atomic E-state index is 12.6. The molecule has 0 bridgehead atoms. The summed E-state index contributed by atoms with van der Waals surface area (Å²) in [4.78, 5) is 16.9. The molecular formula is C22H26N2O2. The Labute approximate surface area is 155 Å². The molecular weight excluding hydrogens is 324 g/mol. The van der Waals surface area contributed by atoms with Crippen LogP contribution >= 0.6 is 0 Å². The number of nitrogens with zero attached hydrogens (tertiary/aromatic N) is 2. The lowest BCUT2D eigenvalue weighted by Gasteiger charge is -2.36. The van der Waals surface area contributed by atoms with Crippen LogP contribution in [0.5, 0.6) is 5.75 Å². The quantitative estimate of drug-likeness (QED) is 0.787. The van der Waals surface area contributed by atoms with E-state index in [0.29, 0.717) is 0 Å². The summed E-state index contributed by atoms with van der Waals surface area (Å²) in [6.07, 6.45) is 1.74. The highest BCUT2D eigenvalue weighted by Crippen LogP contribution is 2.20. The van der Waals surface area contributed by atoms with E-state index >= 15 is 0 Å². The Hall–Kier alpha value is -2.75. The van der Waals surface area contributed by atoms with Crippen LogP contribution in [0.25, 0.3) is 5.57 Å². The van der Waals surface area contributed by atoms with Gasteiger partial charge in [0.05, 0.1) is 7.11 Å². The van der Waals surface area contributed by atoms with Gasteiger partial charge >= 0.3 is 0 Å². The number of allylic oxidation sites excluding steroid dienone is 1. The van der Waals surface area contributed by atoms with Crippen LogP contribution in [0.4, 0.5) is 5.69 Å². The number of hydrogen-bond acceptors (Lipinski definition) is 3. The number of piperazine rings is 1. The molecule has 4 heteroatoms. The molecule has 1 saturated heterocycles. The number of aryl methyl sites for hydroxylation is 1. The molecule has 0 radical (unpaired) electrons. The maximum atomic E-state index is 12.6. The highest BCUT2D eigenvalue weighted by Gasteiger charge is 2.20. The molecule has 0 unspecified atom stereocenters. The fourth-order valence-electron chi connectivity index (χ4n) is 3.22. The Balaban J connectivity index is 1.60. The van der Waals surface area contributed by atoms with Crippen molar-refractivity contribution in [1.82, 2.24) is 4.90 Å². The third-order valence-corrected chi connectivity index (χ3v) is 4.84. The maximum Gasteiger partial charge on any atom is 0.246 e. The van der Waals surface area contributed by atoms with Crippen LogP contribution in [0.1, 0.15) is 18.1 Å². The molecule has 1 aliphatic heterocycles. The molecule has 1 amide bonds. The summed E-state index contributed by atoms with van der Waals surface area (Å²) in [6.45, 7) is 7.31. The molecule has 0 aliphatic carbocycles. The van der Waals surface area contributed by atoms with Gasteiger partial charge in [0.2, 0.25) is 5.91 Å². The Bertz CT molecular complexity index is 788. The normalized spacial score (nSPS) is 15.1. The number of carbonyl (C=O) groups is 1. The summed E-state index contributed by atoms with van der Waals surface area (Å²) >= 11 is 0. The lowest BCUT2D eigenvalue weighted by atomic mass is 10.1. The van der Waals surface area contributed by atoms with E-state index in [0.717, 1.165) is 43.1 Å². The lowest BCUT2D eigenvalue weighted by molar-refractivity contribution is -0.126. The monoisotopic (exact) mass is 350 g/mol. The van der Waals surface area contributed by atoms with Crippen molar-refractivity contribution in [2.75, 3.05) is 38.2 Å². The van der Waals surface area contributed by atoms with Crippen molar-refractivity contribution in [1.29, 1.82) is 0 Å². The van der Waals surface area contributed by atoms with Crippen molar-refractivity contribution >= 4 is 17.2 Å². The molecule has 0 aromatic heterocycles. The van der Waals surface area contributed by atoms with Gasteiger partial charge < -0.3 is 14.5 Å². The standard InChI is InChI=1S/C22H26N2O2/c1-17-5-4-6-20(15-17)23-11-13-24(14-12-23)22(25)16-18(2)19-7-9-21(26-3)10-8-19/h4-10,15-16H,11-14H2,1-3H3/b18-16-. The van der Waals surface area contributed by atoms with Gasteiger partial charge in [-0.05, 0) is 54.8 Å². The van der Waals surface area contributed by atoms with Crippen molar-refractivity contribution in [3.05, 3.63) is 65.7 Å². The van der Waals surface area contributed by atoms with Crippen LogP contribution in [-0.4, -0.2) is 44.1 Å². The minimum absolute atomic E-state index is 0.0854. The van der Waals surface area contributed by atoms with Crippen LogP contribution in [-0.2, 0) is 4.79 Å². The summed E-state index contributed by atoms with van der Waals surface area (Å²) in [5.74, 6) is 0.905. The average molecular weight is 350 g/mol. The Morgan fingerprint density at radius 2 is 1.73 bits per heavy atom. The van der Waals surface area contributed by atoms with Crippen LogP contribution in [0.2, 0.25) is 0 Å². The predicted octanol–water partition coefficient (Wildman–Crippen LogP) is 3.76. The van der Waals surface area contributed by atoms with Crippen molar-refractivity contribution in [3.8, 4) is 5.75 Å². The number of carbonyl (C=O) groups excluding carboxylic acids is 1. The molecule has 0 saturated carbocycles. The van der Waals surface area contributed by atoms with Crippen LogP contribution in [0, 0.1) is 6.92 Å². The third-order valence-electron chi connectivity index (χ3n) is 4.84. The first kappa shape index (κ1) is 18.1. The molecule has 136 valence electrons. The molecule has 1 heterocycles. The SMILES string of the molecule is COc1ccc(/C(C)=C\C(=O)N2CCN(c3cccc(C)c3)CC2)cc1. The van der Waals surface area contributed by atoms with Crippen molar-refractivity contribution < 1.29 is 9.53 Å². The fourth-order valence-corrected chi connectivity index (χ4v) is 3.22. The summed E-state index contributed by atoms with van der Waals surface area (Å²) < 4.78 is 5.18. The fraction of sp³-hybridized carbons (Fsp3) is 0.318. The average Bonchev–Trinajstić information content (AvgIpc) is 2.68. The van der Waals surface area contributed by atoms with Crippen molar-refractivity contribution in [3.63, 3.8) is 0 Å². The van der Waals surface area contributed by atoms with E-state index in [-0.39, 0.29) is 5.91 Å².